The lowest BCUT2D eigenvalue weighted by molar-refractivity contribution is 0.0879. The smallest absolute Gasteiger partial charge is 0.191 e. The van der Waals surface area contributed by atoms with Crippen LogP contribution in [0.25, 0.3) is 0 Å². The third-order valence-electron chi connectivity index (χ3n) is 6.41. The molecule has 4 aromatic rings. The largest absolute Gasteiger partial charge is 0.497 e. The zero-order chi connectivity index (χ0) is 27.3. The van der Waals surface area contributed by atoms with E-state index in [1.165, 1.54) is 37.9 Å². The monoisotopic (exact) mass is 544 g/mol. The van der Waals surface area contributed by atoms with Crippen LogP contribution in [-0.2, 0) is 9.84 Å². The first-order valence-electron chi connectivity index (χ1n) is 12.0. The molecule has 4 rings (SSSR count). The standard InChI is InChI=1S/C31H28O5S2/c1-22-9-19-28(20-10-22)38(34,35)31(2,21-29(32)23-11-15-25(36-3)16-12-23)30(33)24-13-17-27(18-14-24)37-26-7-5-4-6-8-26/h4-20H,21H2,1-3H3. The Kier molecular flexibility index (Phi) is 8.19. The Morgan fingerprint density at radius 1 is 0.763 bits per heavy atom. The van der Waals surface area contributed by atoms with Gasteiger partial charge < -0.3 is 4.74 Å². The van der Waals surface area contributed by atoms with Crippen LogP contribution < -0.4 is 4.74 Å². The van der Waals surface area contributed by atoms with Crippen LogP contribution in [0.2, 0.25) is 0 Å². The van der Waals surface area contributed by atoms with Gasteiger partial charge in [0, 0.05) is 27.3 Å². The molecule has 0 aliphatic carbocycles. The van der Waals surface area contributed by atoms with E-state index in [4.69, 9.17) is 4.74 Å². The van der Waals surface area contributed by atoms with Crippen LogP contribution in [0.15, 0.2) is 118 Å². The zero-order valence-corrected chi connectivity index (χ0v) is 23.0. The maximum atomic E-state index is 14.0. The van der Waals surface area contributed by atoms with Gasteiger partial charge in [-0.2, -0.15) is 0 Å². The van der Waals surface area contributed by atoms with E-state index in [0.717, 1.165) is 15.4 Å². The Bertz CT molecular complexity index is 1530. The number of hydrogen-bond donors (Lipinski definition) is 0. The molecule has 5 nitrogen and oxygen atoms in total. The third-order valence-corrected chi connectivity index (χ3v) is 9.83. The second-order valence-electron chi connectivity index (χ2n) is 9.14. The van der Waals surface area contributed by atoms with E-state index < -0.39 is 32.6 Å². The Morgan fingerprint density at radius 3 is 1.89 bits per heavy atom. The lowest BCUT2D eigenvalue weighted by atomic mass is 9.91. The third kappa shape index (κ3) is 5.74. The molecule has 0 saturated heterocycles. The summed E-state index contributed by atoms with van der Waals surface area (Å²) < 4.78 is 31.0. The summed E-state index contributed by atoms with van der Waals surface area (Å²) in [5, 5.41) is 0. The molecule has 0 amide bonds. The highest BCUT2D eigenvalue weighted by atomic mass is 32.2. The van der Waals surface area contributed by atoms with Gasteiger partial charge in [0.1, 0.15) is 10.5 Å². The summed E-state index contributed by atoms with van der Waals surface area (Å²) in [6.45, 7) is 3.20. The number of ketones is 2. The van der Waals surface area contributed by atoms with Crippen molar-refractivity contribution in [3.05, 3.63) is 120 Å². The molecule has 1 unspecified atom stereocenters. The number of carbonyl (C=O) groups is 2. The van der Waals surface area contributed by atoms with Crippen molar-refractivity contribution in [1.82, 2.24) is 0 Å². The lowest BCUT2D eigenvalue weighted by Gasteiger charge is -2.28. The highest BCUT2D eigenvalue weighted by Crippen LogP contribution is 2.35. The number of ether oxygens (including phenoxy) is 1. The van der Waals surface area contributed by atoms with E-state index in [1.54, 1.807) is 60.7 Å². The topological polar surface area (TPSA) is 77.5 Å². The molecule has 7 heteroatoms. The van der Waals surface area contributed by atoms with E-state index in [2.05, 4.69) is 0 Å². The molecule has 4 aromatic carbocycles. The minimum absolute atomic E-state index is 0.00210. The van der Waals surface area contributed by atoms with Crippen molar-refractivity contribution in [2.75, 3.05) is 7.11 Å². The predicted octanol–water partition coefficient (Wildman–Crippen LogP) is 6.84. The summed E-state index contributed by atoms with van der Waals surface area (Å²) in [5.74, 6) is -0.507. The van der Waals surface area contributed by atoms with Gasteiger partial charge in [0.2, 0.25) is 0 Å². The van der Waals surface area contributed by atoms with E-state index in [1.807, 2.05) is 37.3 Å². The summed E-state index contributed by atoms with van der Waals surface area (Å²) in [5.41, 5.74) is 1.42. The highest BCUT2D eigenvalue weighted by molar-refractivity contribution is 7.99. The number of hydrogen-bond acceptors (Lipinski definition) is 6. The number of Topliss-reactive ketones (excluding diaryl/α,β-unsaturated/α-hetero) is 2. The van der Waals surface area contributed by atoms with Crippen LogP contribution in [-0.4, -0.2) is 31.8 Å². The molecule has 0 bridgehead atoms. The summed E-state index contributed by atoms with van der Waals surface area (Å²) in [4.78, 5) is 29.2. The number of sulfone groups is 1. The molecular weight excluding hydrogens is 516 g/mol. The molecular formula is C31H28O5S2. The van der Waals surface area contributed by atoms with Crippen LogP contribution in [0.1, 0.15) is 39.6 Å². The fourth-order valence-electron chi connectivity index (χ4n) is 4.06. The number of benzene rings is 4. The van der Waals surface area contributed by atoms with E-state index in [9.17, 15) is 18.0 Å². The van der Waals surface area contributed by atoms with Gasteiger partial charge in [0.05, 0.1) is 12.0 Å². The van der Waals surface area contributed by atoms with Crippen molar-refractivity contribution < 1.29 is 22.7 Å². The molecule has 0 fully saturated rings. The maximum Gasteiger partial charge on any atom is 0.191 e. The van der Waals surface area contributed by atoms with Crippen molar-refractivity contribution in [2.24, 2.45) is 0 Å². The number of rotatable bonds is 10. The van der Waals surface area contributed by atoms with Crippen LogP contribution in [0.5, 0.6) is 5.75 Å². The SMILES string of the molecule is COc1ccc(C(=O)CC(C)(C(=O)c2ccc(Sc3ccccc3)cc2)S(=O)(=O)c2ccc(C)cc2)cc1. The molecule has 0 spiro atoms. The highest BCUT2D eigenvalue weighted by Gasteiger charge is 2.48. The average Bonchev–Trinajstić information content (AvgIpc) is 2.93. The molecule has 194 valence electrons. The van der Waals surface area contributed by atoms with Gasteiger partial charge in [0.25, 0.3) is 0 Å². The molecule has 0 saturated carbocycles. The van der Waals surface area contributed by atoms with Gasteiger partial charge in [-0.3, -0.25) is 9.59 Å². The first-order chi connectivity index (χ1) is 18.1. The van der Waals surface area contributed by atoms with Crippen LogP contribution in [0.3, 0.4) is 0 Å². The van der Waals surface area contributed by atoms with Gasteiger partial charge in [-0.25, -0.2) is 8.42 Å². The molecule has 0 N–H and O–H groups in total. The quantitative estimate of drug-likeness (QED) is 0.203. The Hall–Kier alpha value is -3.68. The van der Waals surface area contributed by atoms with Crippen LogP contribution in [0, 0.1) is 6.92 Å². The van der Waals surface area contributed by atoms with Crippen molar-refractivity contribution >= 4 is 33.2 Å². The fraction of sp³-hybridized carbons (Fsp3) is 0.161. The first-order valence-corrected chi connectivity index (χ1v) is 14.3. The molecule has 0 aromatic heterocycles. The van der Waals surface area contributed by atoms with Gasteiger partial charge in [-0.1, -0.05) is 59.8 Å². The molecule has 1 atom stereocenters. The van der Waals surface area contributed by atoms with E-state index in [-0.39, 0.29) is 10.5 Å². The summed E-state index contributed by atoms with van der Waals surface area (Å²) in [7, 11) is -2.72. The second-order valence-corrected chi connectivity index (χ2v) is 12.7. The normalized spacial score (nSPS) is 12.9. The second kappa shape index (κ2) is 11.4. The van der Waals surface area contributed by atoms with Gasteiger partial charge >= 0.3 is 0 Å². The minimum Gasteiger partial charge on any atom is -0.497 e. The summed E-state index contributed by atoms with van der Waals surface area (Å²) in [6, 6.07) is 29.3. The predicted molar refractivity (Wildman–Crippen MR) is 150 cm³/mol. The number of methoxy groups -OCH3 is 1. The Morgan fingerprint density at radius 2 is 1.32 bits per heavy atom. The molecule has 0 aliphatic heterocycles. The molecule has 0 aliphatic rings. The van der Waals surface area contributed by atoms with E-state index in [0.29, 0.717) is 11.3 Å². The Balaban J connectivity index is 1.70. The lowest BCUT2D eigenvalue weighted by Crippen LogP contribution is -2.45. The van der Waals surface area contributed by atoms with Crippen molar-refractivity contribution in [3.63, 3.8) is 0 Å². The van der Waals surface area contributed by atoms with Crippen molar-refractivity contribution in [3.8, 4) is 5.75 Å². The molecule has 38 heavy (non-hydrogen) atoms. The van der Waals surface area contributed by atoms with Crippen LogP contribution >= 0.6 is 11.8 Å². The average molecular weight is 545 g/mol. The van der Waals surface area contributed by atoms with Gasteiger partial charge in [-0.05, 0) is 74.5 Å². The van der Waals surface area contributed by atoms with Crippen molar-refractivity contribution in [2.45, 2.75) is 39.7 Å². The summed E-state index contributed by atoms with van der Waals surface area (Å²) >= 11 is 1.54. The summed E-state index contributed by atoms with van der Waals surface area (Å²) in [6.07, 6.45) is -0.505. The van der Waals surface area contributed by atoms with Crippen molar-refractivity contribution in [1.29, 1.82) is 0 Å². The molecule has 0 radical (unpaired) electrons. The number of carbonyl (C=O) groups excluding carboxylic acids is 2. The number of aryl methyl sites for hydroxylation is 1. The van der Waals surface area contributed by atoms with Gasteiger partial charge in [0.15, 0.2) is 21.4 Å². The van der Waals surface area contributed by atoms with E-state index >= 15 is 0 Å². The first kappa shape index (κ1) is 27.4. The van der Waals surface area contributed by atoms with Gasteiger partial charge in [-0.15, -0.1) is 0 Å². The Labute approximate surface area is 227 Å². The minimum atomic E-state index is -4.24. The fourth-order valence-corrected chi connectivity index (χ4v) is 6.60. The molecule has 0 heterocycles. The van der Waals surface area contributed by atoms with Crippen LogP contribution in [0.4, 0.5) is 0 Å². The maximum absolute atomic E-state index is 14.0. The zero-order valence-electron chi connectivity index (χ0n) is 21.4.